The quantitative estimate of drug-likeness (QED) is 0.491. The molecule has 0 saturated carbocycles. The number of carbonyl (C=O) groups is 3. The number of aliphatic hydroxyl groups excluding tert-OH is 1. The van der Waals surface area contributed by atoms with Crippen molar-refractivity contribution in [2.75, 3.05) is 49.7 Å². The van der Waals surface area contributed by atoms with Gasteiger partial charge in [-0.15, -0.1) is 0 Å². The van der Waals surface area contributed by atoms with Crippen molar-refractivity contribution in [3.05, 3.63) is 71.6 Å². The number of allylic oxidation sites excluding steroid dienone is 1. The Morgan fingerprint density at radius 1 is 1.15 bits per heavy atom. The normalized spacial score (nSPS) is 18.7. The van der Waals surface area contributed by atoms with Crippen LogP contribution in [0.4, 0.5) is 15.8 Å². The van der Waals surface area contributed by atoms with Crippen LogP contribution in [0.15, 0.2) is 49.1 Å². The summed E-state index contributed by atoms with van der Waals surface area (Å²) in [5, 5.41) is 13.3. The van der Waals surface area contributed by atoms with E-state index in [-0.39, 0.29) is 24.4 Å². The van der Waals surface area contributed by atoms with Crippen LogP contribution >= 0.6 is 0 Å². The summed E-state index contributed by atoms with van der Waals surface area (Å²) in [7, 11) is 0. The van der Waals surface area contributed by atoms with E-state index in [0.717, 1.165) is 6.07 Å². The molecule has 2 aromatic rings. The summed E-state index contributed by atoms with van der Waals surface area (Å²) in [5.41, 5.74) is 8.05. The number of morpholine rings is 2. The fraction of sp³-hybridized carbons (Fsp3) is 0.321. The number of nitrogens with one attached hydrogen (secondary N) is 1. The first-order valence-electron chi connectivity index (χ1n) is 12.5. The molecule has 2 fully saturated rings. The monoisotopic (exact) mass is 538 g/mol. The molecule has 0 aromatic heterocycles. The second-order valence-electron chi connectivity index (χ2n) is 9.11. The minimum Gasteiger partial charge on any atom is -0.399 e. The van der Waals surface area contributed by atoms with E-state index in [1.54, 1.807) is 30.4 Å². The van der Waals surface area contributed by atoms with Crippen LogP contribution in [-0.2, 0) is 19.1 Å². The van der Waals surface area contributed by atoms with Gasteiger partial charge in [-0.25, -0.2) is 4.39 Å². The molecule has 3 amide bonds. The molecule has 2 heterocycles. The molecule has 0 radical (unpaired) electrons. The van der Waals surface area contributed by atoms with E-state index in [4.69, 9.17) is 15.2 Å². The van der Waals surface area contributed by atoms with Gasteiger partial charge in [0.1, 0.15) is 5.82 Å². The van der Waals surface area contributed by atoms with Gasteiger partial charge >= 0.3 is 0 Å². The highest BCUT2D eigenvalue weighted by atomic mass is 19.1. The van der Waals surface area contributed by atoms with Gasteiger partial charge in [0.05, 0.1) is 25.4 Å². The zero-order chi connectivity index (χ0) is 28.1. The SMILES string of the molecule is C=C(N)c1ccc(NC(=O)C(O)C2OCCN(c3ccc(F)c(C(=O)N4CCOCC4)c3)C2=O)cc1/C=C\C. The number of aliphatic hydroxyl groups is 1. The highest BCUT2D eigenvalue weighted by molar-refractivity contribution is 6.04. The van der Waals surface area contributed by atoms with Gasteiger partial charge in [-0.3, -0.25) is 14.4 Å². The molecule has 2 aromatic carbocycles. The first-order chi connectivity index (χ1) is 18.7. The molecule has 0 aliphatic carbocycles. The van der Waals surface area contributed by atoms with E-state index in [0.29, 0.717) is 48.8 Å². The Labute approximate surface area is 225 Å². The lowest BCUT2D eigenvalue weighted by molar-refractivity contribution is -0.150. The number of ether oxygens (including phenoxy) is 2. The minimum absolute atomic E-state index is 0.0175. The maximum absolute atomic E-state index is 14.6. The molecule has 11 heteroatoms. The number of nitrogens with two attached hydrogens (primary N) is 1. The molecule has 39 heavy (non-hydrogen) atoms. The first kappa shape index (κ1) is 28.0. The zero-order valence-corrected chi connectivity index (χ0v) is 21.6. The topological polar surface area (TPSA) is 134 Å². The lowest BCUT2D eigenvalue weighted by Crippen LogP contribution is -2.55. The number of halogens is 1. The average molecular weight is 539 g/mol. The Morgan fingerprint density at radius 2 is 1.90 bits per heavy atom. The van der Waals surface area contributed by atoms with E-state index in [1.165, 1.54) is 21.9 Å². The van der Waals surface area contributed by atoms with Crippen molar-refractivity contribution in [3.63, 3.8) is 0 Å². The predicted octanol–water partition coefficient (Wildman–Crippen LogP) is 1.99. The summed E-state index contributed by atoms with van der Waals surface area (Å²) in [6, 6.07) is 8.74. The maximum Gasteiger partial charge on any atom is 0.259 e. The van der Waals surface area contributed by atoms with Crippen LogP contribution in [0.5, 0.6) is 0 Å². The summed E-state index contributed by atoms with van der Waals surface area (Å²) in [6.45, 7) is 7.08. The Bertz CT molecular complexity index is 1310. The van der Waals surface area contributed by atoms with Crippen LogP contribution < -0.4 is 16.0 Å². The summed E-state index contributed by atoms with van der Waals surface area (Å²) in [4.78, 5) is 41.8. The molecule has 2 aliphatic rings. The predicted molar refractivity (Wildman–Crippen MR) is 144 cm³/mol. The van der Waals surface area contributed by atoms with Gasteiger partial charge in [0.2, 0.25) is 0 Å². The number of rotatable bonds is 7. The third kappa shape index (κ3) is 6.17. The van der Waals surface area contributed by atoms with Gasteiger partial charge < -0.3 is 35.4 Å². The molecule has 0 bridgehead atoms. The molecular formula is C28H31FN4O6. The standard InChI is InChI=1S/C28H31FN4O6/c1-3-4-18-15-19(5-7-21(18)17(2)30)31-26(35)24(34)25-28(37)33(11-14-39-25)20-6-8-23(29)22(16-20)27(36)32-9-12-38-13-10-32/h3-8,15-16,24-25,34H,2,9-14,30H2,1H3,(H,31,35)/b4-3-. The van der Waals surface area contributed by atoms with Crippen LogP contribution in [0.2, 0.25) is 0 Å². The number of anilines is 2. The van der Waals surface area contributed by atoms with Gasteiger partial charge in [0.15, 0.2) is 12.2 Å². The average Bonchev–Trinajstić information content (AvgIpc) is 2.93. The summed E-state index contributed by atoms with van der Waals surface area (Å²) < 4.78 is 25.3. The zero-order valence-electron chi connectivity index (χ0n) is 21.6. The number of hydrogen-bond donors (Lipinski definition) is 3. The van der Waals surface area contributed by atoms with Crippen molar-refractivity contribution in [3.8, 4) is 0 Å². The Hall–Kier alpha value is -4.06. The lowest BCUT2D eigenvalue weighted by atomic mass is 10.0. The molecule has 2 aliphatic heterocycles. The summed E-state index contributed by atoms with van der Waals surface area (Å²) in [5.74, 6) is -2.75. The molecular weight excluding hydrogens is 507 g/mol. The fourth-order valence-corrected chi connectivity index (χ4v) is 4.47. The summed E-state index contributed by atoms with van der Waals surface area (Å²) in [6.07, 6.45) is 0.275. The largest absolute Gasteiger partial charge is 0.399 e. The molecule has 2 saturated heterocycles. The Morgan fingerprint density at radius 3 is 2.59 bits per heavy atom. The molecule has 2 atom stereocenters. The van der Waals surface area contributed by atoms with Crippen LogP contribution in [0.1, 0.15) is 28.4 Å². The van der Waals surface area contributed by atoms with Gasteiger partial charge in [-0.05, 0) is 42.8 Å². The maximum atomic E-state index is 14.6. The van der Waals surface area contributed by atoms with Crippen LogP contribution in [0, 0.1) is 5.82 Å². The van der Waals surface area contributed by atoms with Crippen LogP contribution in [0.25, 0.3) is 11.8 Å². The second-order valence-corrected chi connectivity index (χ2v) is 9.11. The van der Waals surface area contributed by atoms with E-state index in [2.05, 4.69) is 11.9 Å². The minimum atomic E-state index is -1.83. The number of nitrogens with zero attached hydrogens (tertiary/aromatic N) is 2. The third-order valence-corrected chi connectivity index (χ3v) is 6.48. The molecule has 2 unspecified atom stereocenters. The lowest BCUT2D eigenvalue weighted by Gasteiger charge is -2.34. The van der Waals surface area contributed by atoms with Crippen molar-refractivity contribution >= 4 is 40.9 Å². The van der Waals surface area contributed by atoms with Crippen molar-refractivity contribution in [1.29, 1.82) is 0 Å². The van der Waals surface area contributed by atoms with E-state index in [9.17, 15) is 23.9 Å². The fourth-order valence-electron chi connectivity index (χ4n) is 4.47. The van der Waals surface area contributed by atoms with Crippen LogP contribution in [-0.4, -0.2) is 79.4 Å². The van der Waals surface area contributed by atoms with Gasteiger partial charge in [0, 0.05) is 42.3 Å². The van der Waals surface area contributed by atoms with Gasteiger partial charge in [-0.1, -0.05) is 24.8 Å². The number of amides is 3. The summed E-state index contributed by atoms with van der Waals surface area (Å²) >= 11 is 0. The number of benzene rings is 2. The number of carbonyl (C=O) groups excluding carboxylic acids is 3. The van der Waals surface area contributed by atoms with Crippen molar-refractivity contribution in [2.45, 2.75) is 19.1 Å². The van der Waals surface area contributed by atoms with Crippen LogP contribution in [0.3, 0.4) is 0 Å². The second kappa shape index (κ2) is 12.2. The van der Waals surface area contributed by atoms with E-state index >= 15 is 0 Å². The smallest absolute Gasteiger partial charge is 0.259 e. The van der Waals surface area contributed by atoms with Gasteiger partial charge in [0.25, 0.3) is 17.7 Å². The van der Waals surface area contributed by atoms with Crippen molar-refractivity contribution in [2.24, 2.45) is 5.73 Å². The molecule has 206 valence electrons. The van der Waals surface area contributed by atoms with Crippen molar-refractivity contribution in [1.82, 2.24) is 4.90 Å². The molecule has 4 N–H and O–H groups in total. The molecule has 4 rings (SSSR count). The highest BCUT2D eigenvalue weighted by Crippen LogP contribution is 2.25. The highest BCUT2D eigenvalue weighted by Gasteiger charge is 2.39. The Balaban J connectivity index is 1.50. The van der Waals surface area contributed by atoms with Gasteiger partial charge in [-0.2, -0.15) is 0 Å². The number of hydrogen-bond acceptors (Lipinski definition) is 7. The Kier molecular flexibility index (Phi) is 8.75. The molecule has 0 spiro atoms. The van der Waals surface area contributed by atoms with Crippen molar-refractivity contribution < 1.29 is 33.4 Å². The third-order valence-electron chi connectivity index (χ3n) is 6.48. The molecule has 10 nitrogen and oxygen atoms in total. The van der Waals surface area contributed by atoms with E-state index in [1.807, 2.05) is 6.92 Å². The first-order valence-corrected chi connectivity index (χ1v) is 12.5. The van der Waals surface area contributed by atoms with E-state index < -0.39 is 35.7 Å².